The number of carbonyl (C=O) groups excluding carboxylic acids is 2. The molecule has 2 aliphatic rings. The summed E-state index contributed by atoms with van der Waals surface area (Å²) in [7, 11) is 0. The van der Waals surface area contributed by atoms with Gasteiger partial charge in [-0.3, -0.25) is 14.6 Å². The van der Waals surface area contributed by atoms with Gasteiger partial charge in [0.05, 0.1) is 17.7 Å². The minimum absolute atomic E-state index is 0.0756. The fourth-order valence-electron chi connectivity index (χ4n) is 3.42. The quantitative estimate of drug-likeness (QED) is 0.490. The van der Waals surface area contributed by atoms with Gasteiger partial charge in [0.15, 0.2) is 11.6 Å². The molecule has 0 bridgehead atoms. The van der Waals surface area contributed by atoms with Crippen LogP contribution in [0, 0.1) is 11.8 Å². The molecule has 25 heavy (non-hydrogen) atoms. The van der Waals surface area contributed by atoms with Gasteiger partial charge in [0, 0.05) is 5.56 Å². The smallest absolute Gasteiger partial charge is 0.179 e. The molecular weight excluding hydrogens is 311 g/mol. The zero-order valence-corrected chi connectivity index (χ0v) is 13.6. The fraction of sp³-hybridized carbons (Fsp3) is 0.136. The number of fused-ring (bicyclic) bond motifs is 1. The number of nitrogens with zero attached hydrogens (tertiary/aromatic N) is 1. The molecule has 4 rings (SSSR count). The first-order valence-corrected chi connectivity index (χ1v) is 8.37. The summed E-state index contributed by atoms with van der Waals surface area (Å²) in [4.78, 5) is 31.1. The van der Waals surface area contributed by atoms with Gasteiger partial charge in [-0.25, -0.2) is 0 Å². The molecule has 0 spiro atoms. The molecule has 122 valence electrons. The topological polar surface area (TPSA) is 46.5 Å². The summed E-state index contributed by atoms with van der Waals surface area (Å²) in [6.45, 7) is 0. The van der Waals surface area contributed by atoms with Crippen LogP contribution in [0.15, 0.2) is 90.0 Å². The second-order valence-electron chi connectivity index (χ2n) is 6.23. The van der Waals surface area contributed by atoms with Crippen molar-refractivity contribution in [3.63, 3.8) is 0 Å². The summed E-state index contributed by atoms with van der Waals surface area (Å²) in [5.74, 6) is -1.49. The van der Waals surface area contributed by atoms with Crippen molar-refractivity contribution in [3.05, 3.63) is 96.1 Å². The highest BCUT2D eigenvalue weighted by molar-refractivity contribution is 6.31. The van der Waals surface area contributed by atoms with E-state index in [-0.39, 0.29) is 23.5 Å². The van der Waals surface area contributed by atoms with Gasteiger partial charge >= 0.3 is 0 Å². The van der Waals surface area contributed by atoms with E-state index in [2.05, 4.69) is 0 Å². The largest absolute Gasteiger partial charge is 0.298 e. The number of aliphatic imine (C=N–C) groups is 1. The van der Waals surface area contributed by atoms with Crippen LogP contribution in [0.5, 0.6) is 0 Å². The summed E-state index contributed by atoms with van der Waals surface area (Å²) in [6.07, 6.45) is 7.53. The molecular formula is C22H17NO2. The van der Waals surface area contributed by atoms with Crippen molar-refractivity contribution in [3.8, 4) is 0 Å². The molecule has 2 aromatic carbocycles. The zero-order valence-electron chi connectivity index (χ0n) is 13.6. The van der Waals surface area contributed by atoms with E-state index in [9.17, 15) is 9.59 Å². The van der Waals surface area contributed by atoms with E-state index in [0.717, 1.165) is 5.56 Å². The third kappa shape index (κ3) is 2.78. The minimum Gasteiger partial charge on any atom is -0.298 e. The molecule has 3 unspecified atom stereocenters. The number of benzene rings is 2. The van der Waals surface area contributed by atoms with E-state index in [0.29, 0.717) is 11.3 Å². The molecule has 1 aliphatic heterocycles. The van der Waals surface area contributed by atoms with Gasteiger partial charge in [0.1, 0.15) is 5.92 Å². The highest BCUT2D eigenvalue weighted by Gasteiger charge is 2.43. The Labute approximate surface area is 146 Å². The van der Waals surface area contributed by atoms with E-state index >= 15 is 0 Å². The number of hydrogen-bond acceptors (Lipinski definition) is 3. The van der Waals surface area contributed by atoms with E-state index < -0.39 is 5.92 Å². The first kappa shape index (κ1) is 15.5. The third-order valence-corrected chi connectivity index (χ3v) is 4.67. The van der Waals surface area contributed by atoms with Crippen LogP contribution >= 0.6 is 0 Å². The minimum atomic E-state index is -0.859. The average Bonchev–Trinajstić information content (AvgIpc) is 2.69. The van der Waals surface area contributed by atoms with Gasteiger partial charge in [-0.05, 0) is 5.56 Å². The monoisotopic (exact) mass is 328 g/mol. The first-order valence-electron chi connectivity index (χ1n) is 8.37. The summed E-state index contributed by atoms with van der Waals surface area (Å²) in [6, 6.07) is 18.3. The SMILES string of the molecule is O=C(c1ccccc1)C1C(c2ccccc2)=NC2C=CC=CC2[13C]1=O. The number of ketones is 2. The Morgan fingerprint density at radius 2 is 1.48 bits per heavy atom. The van der Waals surface area contributed by atoms with Crippen molar-refractivity contribution in [2.45, 2.75) is 6.04 Å². The summed E-state index contributed by atoms with van der Waals surface area (Å²) < 4.78 is 0. The second-order valence-corrected chi connectivity index (χ2v) is 6.23. The number of hydrogen-bond donors (Lipinski definition) is 0. The Morgan fingerprint density at radius 1 is 0.840 bits per heavy atom. The van der Waals surface area contributed by atoms with Gasteiger partial charge in [-0.1, -0.05) is 85.0 Å². The maximum absolute atomic E-state index is 13.2. The number of Topliss-reactive ketones (excluding diaryl/α,β-unsaturated/α-hetero) is 2. The number of rotatable bonds is 3. The van der Waals surface area contributed by atoms with Crippen molar-refractivity contribution in [2.24, 2.45) is 16.8 Å². The Hall–Kier alpha value is -3.07. The molecule has 0 radical (unpaired) electrons. The van der Waals surface area contributed by atoms with E-state index in [1.54, 1.807) is 12.1 Å². The summed E-state index contributed by atoms with van der Waals surface area (Å²) in [5, 5.41) is 0. The van der Waals surface area contributed by atoms with Crippen molar-refractivity contribution < 1.29 is 9.59 Å². The van der Waals surface area contributed by atoms with Crippen LogP contribution in [0.3, 0.4) is 0 Å². The van der Waals surface area contributed by atoms with Gasteiger partial charge in [0.25, 0.3) is 0 Å². The standard InChI is InChI=1S/C22H17NO2/c24-21(16-11-5-2-6-12-16)19-20(15-9-3-1-4-10-15)23-18-14-8-7-13-17(18)22(19)25/h1-14,17-19H/i22+1. The highest BCUT2D eigenvalue weighted by atomic mass is 16.2. The van der Waals surface area contributed by atoms with E-state index in [4.69, 9.17) is 4.99 Å². The lowest BCUT2D eigenvalue weighted by molar-refractivity contribution is -0.123. The van der Waals surface area contributed by atoms with E-state index in [1.807, 2.05) is 72.8 Å². The molecule has 0 N–H and O–H groups in total. The maximum Gasteiger partial charge on any atom is 0.179 e. The van der Waals surface area contributed by atoms with Crippen molar-refractivity contribution in [1.29, 1.82) is 0 Å². The summed E-state index contributed by atoms with van der Waals surface area (Å²) in [5.41, 5.74) is 1.94. The molecule has 1 aliphatic carbocycles. The molecule has 2 aromatic rings. The van der Waals surface area contributed by atoms with Crippen LogP contribution in [0.2, 0.25) is 0 Å². The number of carbonyl (C=O) groups is 2. The number of allylic oxidation sites excluding steroid dienone is 2. The van der Waals surface area contributed by atoms with Crippen molar-refractivity contribution in [2.75, 3.05) is 0 Å². The molecule has 3 atom stereocenters. The molecule has 0 fully saturated rings. The predicted molar refractivity (Wildman–Crippen MR) is 97.8 cm³/mol. The van der Waals surface area contributed by atoms with Gasteiger partial charge in [-0.15, -0.1) is 0 Å². The van der Waals surface area contributed by atoms with E-state index in [1.165, 1.54) is 0 Å². The molecule has 0 aromatic heterocycles. The van der Waals surface area contributed by atoms with Crippen LogP contribution in [0.25, 0.3) is 0 Å². The maximum atomic E-state index is 13.2. The van der Waals surface area contributed by atoms with Gasteiger partial charge in [0.2, 0.25) is 0 Å². The van der Waals surface area contributed by atoms with Gasteiger partial charge in [-0.2, -0.15) is 0 Å². The highest BCUT2D eigenvalue weighted by Crippen LogP contribution is 2.31. The Balaban J connectivity index is 1.83. The molecule has 0 saturated heterocycles. The van der Waals surface area contributed by atoms with Crippen LogP contribution in [-0.2, 0) is 4.79 Å². The zero-order chi connectivity index (χ0) is 17.2. The van der Waals surface area contributed by atoms with Crippen LogP contribution in [0.4, 0.5) is 0 Å². The molecule has 0 saturated carbocycles. The van der Waals surface area contributed by atoms with Crippen LogP contribution in [-0.4, -0.2) is 23.3 Å². The predicted octanol–water partition coefficient (Wildman–Crippen LogP) is 3.67. The van der Waals surface area contributed by atoms with Crippen LogP contribution in [0.1, 0.15) is 15.9 Å². The second kappa shape index (κ2) is 6.44. The summed E-state index contributed by atoms with van der Waals surface area (Å²) >= 11 is 0. The molecule has 3 nitrogen and oxygen atoms in total. The average molecular weight is 328 g/mol. The van der Waals surface area contributed by atoms with Crippen molar-refractivity contribution in [1.82, 2.24) is 0 Å². The first-order chi connectivity index (χ1) is 12.3. The molecule has 3 heteroatoms. The normalized spacial score (nSPS) is 24.6. The molecule has 0 amide bonds. The Morgan fingerprint density at radius 3 is 2.20 bits per heavy atom. The Kier molecular flexibility index (Phi) is 3.98. The lowest BCUT2D eigenvalue weighted by Crippen LogP contribution is -2.44. The lowest BCUT2D eigenvalue weighted by atomic mass is 9.85. The fourth-order valence-corrected chi connectivity index (χ4v) is 3.42. The van der Waals surface area contributed by atoms with Crippen molar-refractivity contribution >= 4 is 17.3 Å². The van der Waals surface area contributed by atoms with Gasteiger partial charge < -0.3 is 0 Å². The molecule has 1 heterocycles. The third-order valence-electron chi connectivity index (χ3n) is 4.67. The lowest BCUT2D eigenvalue weighted by Gasteiger charge is -2.31. The Bertz CT molecular complexity index is 894. The van der Waals surface area contributed by atoms with Crippen LogP contribution < -0.4 is 0 Å².